The molecule has 22 heavy (non-hydrogen) atoms. The van der Waals surface area contributed by atoms with Crippen LogP contribution in [-0.2, 0) is 11.2 Å². The largest absolute Gasteiger partial charge is 0.444 e. The number of nitrogens with one attached hydrogen (secondary N) is 2. The monoisotopic (exact) mass is 370 g/mol. The van der Waals surface area contributed by atoms with Crippen molar-refractivity contribution in [3.8, 4) is 0 Å². The van der Waals surface area contributed by atoms with Crippen molar-refractivity contribution in [1.82, 2.24) is 10.6 Å². The summed E-state index contributed by atoms with van der Waals surface area (Å²) in [7, 11) is 0. The molecule has 0 aliphatic carbocycles. The molecule has 4 nitrogen and oxygen atoms in total. The highest BCUT2D eigenvalue weighted by atomic mass is 79.9. The Morgan fingerprint density at radius 1 is 1.18 bits per heavy atom. The number of carbonyl (C=O) groups is 1. The molecule has 1 rings (SSSR count). The Kier molecular flexibility index (Phi) is 7.36. The number of benzene rings is 1. The molecule has 0 bridgehead atoms. The summed E-state index contributed by atoms with van der Waals surface area (Å²) in [5.74, 6) is 0. The van der Waals surface area contributed by atoms with Gasteiger partial charge in [0.2, 0.25) is 0 Å². The summed E-state index contributed by atoms with van der Waals surface area (Å²) in [6.07, 6.45) is 0.578. The highest BCUT2D eigenvalue weighted by Gasteiger charge is 2.17. The van der Waals surface area contributed by atoms with Crippen molar-refractivity contribution in [2.24, 2.45) is 0 Å². The molecule has 0 saturated carbocycles. The molecule has 2 atom stereocenters. The second kappa shape index (κ2) is 8.53. The third-order valence-electron chi connectivity index (χ3n) is 2.99. The Hall–Kier alpha value is -1.07. The molecule has 0 aromatic heterocycles. The van der Waals surface area contributed by atoms with Gasteiger partial charge in [-0.3, -0.25) is 0 Å². The molecule has 1 aromatic rings. The molecule has 5 heteroatoms. The maximum Gasteiger partial charge on any atom is 0.407 e. The number of ether oxygens (including phenoxy) is 1. The molecule has 0 aliphatic rings. The van der Waals surface area contributed by atoms with Crippen molar-refractivity contribution in [2.45, 2.75) is 58.7 Å². The van der Waals surface area contributed by atoms with Gasteiger partial charge in [-0.25, -0.2) is 4.79 Å². The van der Waals surface area contributed by atoms with Crippen molar-refractivity contribution in [3.05, 3.63) is 34.3 Å². The normalized spacial score (nSPS) is 14.3. The third kappa shape index (κ3) is 8.39. The van der Waals surface area contributed by atoms with Crippen LogP contribution in [0.3, 0.4) is 0 Å². The first-order valence-electron chi connectivity index (χ1n) is 7.63. The van der Waals surface area contributed by atoms with Crippen LogP contribution in [0.1, 0.15) is 40.2 Å². The first kappa shape index (κ1) is 19.0. The molecule has 0 saturated heterocycles. The number of hydrogen-bond donors (Lipinski definition) is 2. The molecule has 2 N–H and O–H groups in total. The lowest BCUT2D eigenvalue weighted by molar-refractivity contribution is 0.0507. The molecule has 1 amide bonds. The number of alkyl carbamates (subject to hydrolysis) is 1. The Bertz CT molecular complexity index is 469. The maximum atomic E-state index is 11.7. The number of hydrogen-bond acceptors (Lipinski definition) is 3. The molecule has 0 radical (unpaired) electrons. The molecule has 0 fully saturated rings. The lowest BCUT2D eigenvalue weighted by Gasteiger charge is -2.23. The Morgan fingerprint density at radius 2 is 1.77 bits per heavy atom. The first-order valence-corrected chi connectivity index (χ1v) is 8.42. The lowest BCUT2D eigenvalue weighted by atomic mass is 10.1. The van der Waals surface area contributed by atoms with E-state index in [0.29, 0.717) is 12.6 Å². The topological polar surface area (TPSA) is 50.4 Å². The molecule has 0 heterocycles. The summed E-state index contributed by atoms with van der Waals surface area (Å²) in [4.78, 5) is 11.7. The van der Waals surface area contributed by atoms with Gasteiger partial charge in [0.05, 0.1) is 0 Å². The van der Waals surface area contributed by atoms with E-state index in [1.165, 1.54) is 5.56 Å². The van der Waals surface area contributed by atoms with Gasteiger partial charge >= 0.3 is 6.09 Å². The van der Waals surface area contributed by atoms with Crippen LogP contribution in [0.25, 0.3) is 0 Å². The smallest absolute Gasteiger partial charge is 0.407 e. The van der Waals surface area contributed by atoms with Crippen molar-refractivity contribution in [3.63, 3.8) is 0 Å². The van der Waals surface area contributed by atoms with E-state index in [-0.39, 0.29) is 12.1 Å². The highest BCUT2D eigenvalue weighted by molar-refractivity contribution is 9.10. The van der Waals surface area contributed by atoms with Crippen LogP contribution in [0.4, 0.5) is 4.79 Å². The van der Waals surface area contributed by atoms with E-state index in [9.17, 15) is 4.79 Å². The summed E-state index contributed by atoms with van der Waals surface area (Å²) in [5.41, 5.74) is 0.822. The van der Waals surface area contributed by atoms with Gasteiger partial charge in [-0.15, -0.1) is 0 Å². The van der Waals surface area contributed by atoms with E-state index in [1.54, 1.807) is 0 Å². The fourth-order valence-corrected chi connectivity index (χ4v) is 2.25. The summed E-state index contributed by atoms with van der Waals surface area (Å²) < 4.78 is 6.33. The van der Waals surface area contributed by atoms with Crippen LogP contribution in [0.2, 0.25) is 0 Å². The Labute approximate surface area is 142 Å². The number of carbonyl (C=O) groups excluding carboxylic acids is 1. The SMILES string of the molecule is CC(Cc1ccc(Br)cc1)NCC(C)NC(=O)OC(C)(C)C. The van der Waals surface area contributed by atoms with Crippen molar-refractivity contribution in [2.75, 3.05) is 6.54 Å². The minimum atomic E-state index is -0.466. The molecule has 1 aromatic carbocycles. The third-order valence-corrected chi connectivity index (χ3v) is 3.52. The molecular formula is C17H27BrN2O2. The minimum Gasteiger partial charge on any atom is -0.444 e. The second-order valence-electron chi connectivity index (χ2n) is 6.69. The summed E-state index contributed by atoms with van der Waals surface area (Å²) in [5, 5.41) is 6.26. The van der Waals surface area contributed by atoms with E-state index < -0.39 is 5.60 Å². The zero-order valence-corrected chi connectivity index (χ0v) is 15.7. The van der Waals surface area contributed by atoms with Gasteiger partial charge in [-0.1, -0.05) is 28.1 Å². The van der Waals surface area contributed by atoms with Crippen LogP contribution >= 0.6 is 15.9 Å². The van der Waals surface area contributed by atoms with Gasteiger partial charge < -0.3 is 15.4 Å². The number of rotatable bonds is 6. The average Bonchev–Trinajstić information content (AvgIpc) is 2.37. The van der Waals surface area contributed by atoms with Crippen LogP contribution in [0.15, 0.2) is 28.7 Å². The average molecular weight is 371 g/mol. The van der Waals surface area contributed by atoms with Crippen LogP contribution in [0.5, 0.6) is 0 Å². The van der Waals surface area contributed by atoms with Crippen molar-refractivity contribution in [1.29, 1.82) is 0 Å². The summed E-state index contributed by atoms with van der Waals surface area (Å²) in [6, 6.07) is 8.69. The van der Waals surface area contributed by atoms with Gasteiger partial charge in [0.1, 0.15) is 5.60 Å². The van der Waals surface area contributed by atoms with Gasteiger partial charge in [-0.2, -0.15) is 0 Å². The lowest BCUT2D eigenvalue weighted by Crippen LogP contribution is -2.44. The van der Waals surface area contributed by atoms with E-state index in [1.807, 2.05) is 27.7 Å². The van der Waals surface area contributed by atoms with Crippen molar-refractivity contribution >= 4 is 22.0 Å². The fraction of sp³-hybridized carbons (Fsp3) is 0.588. The second-order valence-corrected chi connectivity index (χ2v) is 7.60. The van der Waals surface area contributed by atoms with Gasteiger partial charge in [0, 0.05) is 23.1 Å². The van der Waals surface area contributed by atoms with Crippen molar-refractivity contribution < 1.29 is 9.53 Å². The minimum absolute atomic E-state index is 0.0159. The van der Waals surface area contributed by atoms with Crippen LogP contribution in [-0.4, -0.2) is 30.3 Å². The molecule has 0 aliphatic heterocycles. The quantitative estimate of drug-likeness (QED) is 0.798. The molecule has 0 spiro atoms. The Balaban J connectivity index is 2.29. The molecule has 124 valence electrons. The predicted octanol–water partition coefficient (Wildman–Crippen LogP) is 3.88. The number of halogens is 1. The van der Waals surface area contributed by atoms with Gasteiger partial charge in [0.25, 0.3) is 0 Å². The Morgan fingerprint density at radius 3 is 2.32 bits per heavy atom. The predicted molar refractivity (Wildman–Crippen MR) is 94.1 cm³/mol. The zero-order valence-electron chi connectivity index (χ0n) is 14.1. The molecular weight excluding hydrogens is 344 g/mol. The first-order chi connectivity index (χ1) is 10.2. The van der Waals surface area contributed by atoms with E-state index >= 15 is 0 Å². The van der Waals surface area contributed by atoms with E-state index in [4.69, 9.17) is 4.74 Å². The van der Waals surface area contributed by atoms with Crippen LogP contribution in [0, 0.1) is 0 Å². The fourth-order valence-electron chi connectivity index (χ4n) is 1.98. The summed E-state index contributed by atoms with van der Waals surface area (Å²) in [6.45, 7) is 10.4. The van der Waals surface area contributed by atoms with E-state index in [0.717, 1.165) is 10.9 Å². The van der Waals surface area contributed by atoms with Gasteiger partial charge in [-0.05, 0) is 58.7 Å². The van der Waals surface area contributed by atoms with Gasteiger partial charge in [0.15, 0.2) is 0 Å². The standard InChI is InChI=1S/C17H27BrN2O2/c1-12(10-14-6-8-15(18)9-7-14)19-11-13(2)20-16(21)22-17(3,4)5/h6-9,12-13,19H,10-11H2,1-5H3,(H,20,21). The molecule has 2 unspecified atom stereocenters. The zero-order chi connectivity index (χ0) is 16.8. The highest BCUT2D eigenvalue weighted by Crippen LogP contribution is 2.12. The number of amides is 1. The summed E-state index contributed by atoms with van der Waals surface area (Å²) >= 11 is 3.44. The maximum absolute atomic E-state index is 11.7. The van der Waals surface area contributed by atoms with Crippen LogP contribution < -0.4 is 10.6 Å². The van der Waals surface area contributed by atoms with E-state index in [2.05, 4.69) is 57.8 Å².